The summed E-state index contributed by atoms with van der Waals surface area (Å²) < 4.78 is 33.1. The molecule has 2 aromatic rings. The second-order valence-electron chi connectivity index (χ2n) is 7.09. The number of amides is 2. The molecular formula is C21H25F2N3O2. The fourth-order valence-electron chi connectivity index (χ4n) is 3.36. The molecule has 1 aliphatic rings. The molecule has 0 aromatic heterocycles. The van der Waals surface area contributed by atoms with Gasteiger partial charge in [-0.2, -0.15) is 0 Å². The Morgan fingerprint density at radius 2 is 1.79 bits per heavy atom. The molecule has 2 N–H and O–H groups in total. The van der Waals surface area contributed by atoms with Gasteiger partial charge in [0, 0.05) is 25.3 Å². The molecule has 2 amide bonds. The standard InChI is InChI=1S/C21H25F2N3O2/c1-14-12-26(13-15(2)28-14)20-8-7-18(11-19(20)23)25-21(27)24-10-9-16-3-5-17(22)6-4-16/h3-8,11,14-15H,9-10,12-13H2,1-2H3,(H2,24,25,27). The van der Waals surface area contributed by atoms with Crippen LogP contribution in [0.25, 0.3) is 0 Å². The van der Waals surface area contributed by atoms with Crippen molar-refractivity contribution in [1.82, 2.24) is 5.32 Å². The Morgan fingerprint density at radius 3 is 2.43 bits per heavy atom. The highest BCUT2D eigenvalue weighted by atomic mass is 19.1. The van der Waals surface area contributed by atoms with Gasteiger partial charge in [0.2, 0.25) is 0 Å². The lowest BCUT2D eigenvalue weighted by Gasteiger charge is -2.37. The first-order valence-electron chi connectivity index (χ1n) is 9.40. The molecule has 2 unspecified atom stereocenters. The van der Waals surface area contributed by atoms with Crippen LogP contribution in [0.1, 0.15) is 19.4 Å². The van der Waals surface area contributed by atoms with Gasteiger partial charge < -0.3 is 20.3 Å². The second-order valence-corrected chi connectivity index (χ2v) is 7.09. The third-order valence-corrected chi connectivity index (χ3v) is 4.58. The lowest BCUT2D eigenvalue weighted by atomic mass is 10.1. The van der Waals surface area contributed by atoms with Crippen LogP contribution in [0.3, 0.4) is 0 Å². The minimum absolute atomic E-state index is 0.0350. The van der Waals surface area contributed by atoms with Gasteiger partial charge in [0.25, 0.3) is 0 Å². The number of ether oxygens (including phenoxy) is 1. The van der Waals surface area contributed by atoms with Crippen molar-refractivity contribution in [3.05, 3.63) is 59.7 Å². The highest BCUT2D eigenvalue weighted by Crippen LogP contribution is 2.26. The number of halogens is 2. The van der Waals surface area contributed by atoms with E-state index in [0.717, 1.165) is 5.56 Å². The van der Waals surface area contributed by atoms with Crippen molar-refractivity contribution in [2.75, 3.05) is 29.9 Å². The molecule has 28 heavy (non-hydrogen) atoms. The summed E-state index contributed by atoms with van der Waals surface area (Å²) >= 11 is 0. The van der Waals surface area contributed by atoms with E-state index in [1.807, 2.05) is 18.7 Å². The van der Waals surface area contributed by atoms with Gasteiger partial charge in [-0.15, -0.1) is 0 Å². The molecule has 2 aromatic carbocycles. The van der Waals surface area contributed by atoms with E-state index in [2.05, 4.69) is 10.6 Å². The summed E-state index contributed by atoms with van der Waals surface area (Å²) in [5.41, 5.74) is 1.81. The molecule has 150 valence electrons. The van der Waals surface area contributed by atoms with Gasteiger partial charge in [-0.05, 0) is 56.2 Å². The maximum Gasteiger partial charge on any atom is 0.319 e. The Morgan fingerprint density at radius 1 is 1.11 bits per heavy atom. The van der Waals surface area contributed by atoms with E-state index in [1.165, 1.54) is 18.2 Å². The van der Waals surface area contributed by atoms with E-state index < -0.39 is 6.03 Å². The molecule has 1 fully saturated rings. The minimum atomic E-state index is -0.414. The van der Waals surface area contributed by atoms with Crippen LogP contribution >= 0.6 is 0 Å². The molecule has 0 radical (unpaired) electrons. The predicted octanol–water partition coefficient (Wildman–Crippen LogP) is 3.94. The third-order valence-electron chi connectivity index (χ3n) is 4.58. The number of urea groups is 1. The lowest BCUT2D eigenvalue weighted by molar-refractivity contribution is -0.00539. The van der Waals surface area contributed by atoms with Crippen molar-refractivity contribution >= 4 is 17.4 Å². The smallest absolute Gasteiger partial charge is 0.319 e. The van der Waals surface area contributed by atoms with E-state index in [1.54, 1.807) is 24.3 Å². The average Bonchev–Trinajstić information content (AvgIpc) is 2.62. The summed E-state index contributed by atoms with van der Waals surface area (Å²) in [5.74, 6) is -0.675. The highest BCUT2D eigenvalue weighted by molar-refractivity contribution is 5.89. The number of rotatable bonds is 5. The van der Waals surface area contributed by atoms with Crippen molar-refractivity contribution in [2.24, 2.45) is 0 Å². The van der Waals surface area contributed by atoms with Crippen LogP contribution in [0.5, 0.6) is 0 Å². The number of carbonyl (C=O) groups excluding carboxylic acids is 1. The summed E-state index contributed by atoms with van der Waals surface area (Å²) in [6.45, 7) is 5.57. The third kappa shape index (κ3) is 5.42. The molecule has 1 aliphatic heterocycles. The molecule has 1 saturated heterocycles. The van der Waals surface area contributed by atoms with Crippen LogP contribution < -0.4 is 15.5 Å². The quantitative estimate of drug-likeness (QED) is 0.814. The largest absolute Gasteiger partial charge is 0.372 e. The molecule has 2 atom stereocenters. The fraction of sp³-hybridized carbons (Fsp3) is 0.381. The summed E-state index contributed by atoms with van der Waals surface area (Å²) in [4.78, 5) is 14.0. The van der Waals surface area contributed by atoms with Gasteiger partial charge in [0.05, 0.1) is 17.9 Å². The molecule has 0 aliphatic carbocycles. The molecule has 0 spiro atoms. The molecule has 7 heteroatoms. The minimum Gasteiger partial charge on any atom is -0.372 e. The predicted molar refractivity (Wildman–Crippen MR) is 106 cm³/mol. The van der Waals surface area contributed by atoms with Gasteiger partial charge >= 0.3 is 6.03 Å². The Hall–Kier alpha value is -2.67. The van der Waals surface area contributed by atoms with Gasteiger partial charge in [0.1, 0.15) is 11.6 Å². The Kier molecular flexibility index (Phi) is 6.46. The lowest BCUT2D eigenvalue weighted by Crippen LogP contribution is -2.45. The van der Waals surface area contributed by atoms with Gasteiger partial charge in [-0.25, -0.2) is 13.6 Å². The molecular weight excluding hydrogens is 364 g/mol. The molecule has 5 nitrogen and oxygen atoms in total. The molecule has 0 bridgehead atoms. The first-order valence-corrected chi connectivity index (χ1v) is 9.40. The van der Waals surface area contributed by atoms with Gasteiger partial charge in [-0.3, -0.25) is 0 Å². The number of nitrogens with zero attached hydrogens (tertiary/aromatic N) is 1. The van der Waals surface area contributed by atoms with Gasteiger partial charge in [-0.1, -0.05) is 12.1 Å². The number of hydrogen-bond acceptors (Lipinski definition) is 3. The van der Waals surface area contributed by atoms with Crippen molar-refractivity contribution in [2.45, 2.75) is 32.5 Å². The second kappa shape index (κ2) is 9.01. The number of nitrogens with one attached hydrogen (secondary N) is 2. The number of morpholine rings is 1. The topological polar surface area (TPSA) is 53.6 Å². The van der Waals surface area contributed by atoms with E-state index in [9.17, 15) is 13.6 Å². The zero-order valence-electron chi connectivity index (χ0n) is 16.0. The maximum absolute atomic E-state index is 14.6. The highest BCUT2D eigenvalue weighted by Gasteiger charge is 2.24. The Labute approximate surface area is 163 Å². The normalized spacial score (nSPS) is 19.4. The molecule has 3 rings (SSSR count). The van der Waals surface area contributed by atoms with Crippen LogP contribution in [0.4, 0.5) is 25.0 Å². The molecule has 1 heterocycles. The van der Waals surface area contributed by atoms with E-state index in [0.29, 0.717) is 37.4 Å². The SMILES string of the molecule is CC1CN(c2ccc(NC(=O)NCCc3ccc(F)cc3)cc2F)CC(C)O1. The first-order chi connectivity index (χ1) is 13.4. The van der Waals surface area contributed by atoms with Crippen LogP contribution in [-0.4, -0.2) is 37.9 Å². The van der Waals surface area contributed by atoms with Crippen molar-refractivity contribution < 1.29 is 18.3 Å². The zero-order valence-corrected chi connectivity index (χ0v) is 16.0. The number of benzene rings is 2. The summed E-state index contributed by atoms with van der Waals surface area (Å²) in [5, 5.41) is 5.34. The van der Waals surface area contributed by atoms with Crippen LogP contribution in [0, 0.1) is 11.6 Å². The first kappa shape index (κ1) is 20.1. The monoisotopic (exact) mass is 389 g/mol. The fourth-order valence-corrected chi connectivity index (χ4v) is 3.36. The van der Waals surface area contributed by atoms with Crippen molar-refractivity contribution in [1.29, 1.82) is 0 Å². The summed E-state index contributed by atoms with van der Waals surface area (Å²) in [7, 11) is 0. The number of anilines is 2. The Bertz CT molecular complexity index is 804. The Balaban J connectivity index is 1.52. The number of carbonyl (C=O) groups is 1. The van der Waals surface area contributed by atoms with Crippen LogP contribution in [0.15, 0.2) is 42.5 Å². The van der Waals surface area contributed by atoms with E-state index in [4.69, 9.17) is 4.74 Å². The van der Waals surface area contributed by atoms with Crippen LogP contribution in [-0.2, 0) is 11.2 Å². The van der Waals surface area contributed by atoms with E-state index in [-0.39, 0.29) is 23.8 Å². The van der Waals surface area contributed by atoms with E-state index >= 15 is 0 Å². The maximum atomic E-state index is 14.6. The summed E-state index contributed by atoms with van der Waals surface area (Å²) in [6, 6.07) is 10.4. The van der Waals surface area contributed by atoms with Crippen LogP contribution in [0.2, 0.25) is 0 Å². The zero-order chi connectivity index (χ0) is 20.1. The number of hydrogen-bond donors (Lipinski definition) is 2. The van der Waals surface area contributed by atoms with Crippen molar-refractivity contribution in [3.63, 3.8) is 0 Å². The summed E-state index contributed by atoms with van der Waals surface area (Å²) in [6.07, 6.45) is 0.648. The molecule has 0 saturated carbocycles. The van der Waals surface area contributed by atoms with Crippen molar-refractivity contribution in [3.8, 4) is 0 Å². The van der Waals surface area contributed by atoms with Gasteiger partial charge in [0.15, 0.2) is 0 Å². The average molecular weight is 389 g/mol.